The van der Waals surface area contributed by atoms with E-state index in [0.29, 0.717) is 38.3 Å². The van der Waals surface area contributed by atoms with Crippen molar-refractivity contribution in [3.8, 4) is 5.75 Å². The highest BCUT2D eigenvalue weighted by Crippen LogP contribution is 2.24. The highest BCUT2D eigenvalue weighted by Gasteiger charge is 2.41. The van der Waals surface area contributed by atoms with Crippen molar-refractivity contribution in [2.24, 2.45) is 0 Å². The average Bonchev–Trinajstić information content (AvgIpc) is 3.03. The second kappa shape index (κ2) is 7.22. The van der Waals surface area contributed by atoms with Crippen LogP contribution in [-0.2, 0) is 6.54 Å². The van der Waals surface area contributed by atoms with Crippen LogP contribution < -0.4 is 4.74 Å². The molecule has 1 aromatic heterocycles. The number of hydrogen-bond acceptors (Lipinski definition) is 5. The van der Waals surface area contributed by atoms with E-state index in [1.807, 2.05) is 34.1 Å². The van der Waals surface area contributed by atoms with Gasteiger partial charge in [0.05, 0.1) is 18.7 Å². The number of urea groups is 1. The molecule has 0 bridgehead atoms. The number of hydrogen-bond donors (Lipinski definition) is 0. The number of methoxy groups -OCH3 is 1. The Morgan fingerprint density at radius 3 is 2.59 bits per heavy atom. The Balaban J connectivity index is 1.41. The van der Waals surface area contributed by atoms with Gasteiger partial charge < -0.3 is 19.4 Å². The zero-order chi connectivity index (χ0) is 18.8. The second-order valence-electron chi connectivity index (χ2n) is 6.74. The molecule has 1 atom stereocenters. The number of benzene rings is 1. The van der Waals surface area contributed by atoms with Crippen LogP contribution in [0, 0.1) is 0 Å². The predicted octanol–water partition coefficient (Wildman–Crippen LogP) is 1.25. The third kappa shape index (κ3) is 3.42. The van der Waals surface area contributed by atoms with Crippen molar-refractivity contribution < 1.29 is 14.3 Å². The van der Waals surface area contributed by atoms with Crippen molar-refractivity contribution in [3.05, 3.63) is 54.1 Å². The third-order valence-electron chi connectivity index (χ3n) is 5.06. The van der Waals surface area contributed by atoms with Gasteiger partial charge in [-0.3, -0.25) is 4.79 Å². The smallest absolute Gasteiger partial charge is 0.320 e. The molecule has 2 aliphatic heterocycles. The molecule has 2 aliphatic rings. The van der Waals surface area contributed by atoms with Gasteiger partial charge in [-0.1, -0.05) is 12.1 Å². The Bertz CT molecular complexity index is 827. The average molecular weight is 367 g/mol. The molecular formula is C19H21N5O3. The van der Waals surface area contributed by atoms with Gasteiger partial charge >= 0.3 is 6.03 Å². The maximum Gasteiger partial charge on any atom is 0.320 e. The molecule has 0 spiro atoms. The molecule has 8 heteroatoms. The van der Waals surface area contributed by atoms with Crippen molar-refractivity contribution in [1.82, 2.24) is 24.7 Å². The lowest BCUT2D eigenvalue weighted by Crippen LogP contribution is -2.53. The molecule has 0 radical (unpaired) electrons. The summed E-state index contributed by atoms with van der Waals surface area (Å²) in [5.41, 5.74) is 1.53. The van der Waals surface area contributed by atoms with Gasteiger partial charge in [0.1, 0.15) is 12.1 Å². The number of ether oxygens (including phenoxy) is 1. The first-order valence-corrected chi connectivity index (χ1v) is 8.88. The van der Waals surface area contributed by atoms with Crippen LogP contribution in [0.3, 0.4) is 0 Å². The van der Waals surface area contributed by atoms with E-state index in [9.17, 15) is 9.59 Å². The first kappa shape index (κ1) is 17.3. The molecule has 27 heavy (non-hydrogen) atoms. The molecule has 0 unspecified atom stereocenters. The summed E-state index contributed by atoms with van der Waals surface area (Å²) in [4.78, 5) is 38.6. The van der Waals surface area contributed by atoms with Crippen molar-refractivity contribution in [2.75, 3.05) is 33.3 Å². The Morgan fingerprint density at radius 2 is 1.89 bits per heavy atom. The minimum atomic E-state index is -0.0868. The number of carbonyl (C=O) groups is 2. The van der Waals surface area contributed by atoms with Gasteiger partial charge in [-0.05, 0) is 17.7 Å². The quantitative estimate of drug-likeness (QED) is 0.813. The molecule has 0 N–H and O–H groups in total. The number of rotatable bonds is 4. The Hall–Kier alpha value is -3.16. The maximum absolute atomic E-state index is 12.7. The van der Waals surface area contributed by atoms with E-state index in [1.54, 1.807) is 12.0 Å². The fourth-order valence-electron chi connectivity index (χ4n) is 3.64. The van der Waals surface area contributed by atoms with Crippen LogP contribution in [0.25, 0.3) is 0 Å². The van der Waals surface area contributed by atoms with Gasteiger partial charge in [-0.15, -0.1) is 0 Å². The van der Waals surface area contributed by atoms with Crippen molar-refractivity contribution in [3.63, 3.8) is 0 Å². The standard InChI is InChI=1S/C19H21N5O3/c1-27-17-4-2-14(3-5-17)10-23-12-16-11-22(6-7-24(16)19(23)26)18(25)15-8-20-13-21-9-15/h2-5,8-9,13,16H,6-7,10-12H2,1H3/t16-/m1/s1. The van der Waals surface area contributed by atoms with Crippen molar-refractivity contribution >= 4 is 11.9 Å². The summed E-state index contributed by atoms with van der Waals surface area (Å²) in [5.74, 6) is 0.708. The van der Waals surface area contributed by atoms with E-state index >= 15 is 0 Å². The number of amides is 3. The molecule has 0 saturated carbocycles. The second-order valence-corrected chi connectivity index (χ2v) is 6.74. The lowest BCUT2D eigenvalue weighted by atomic mass is 10.1. The van der Waals surface area contributed by atoms with Gasteiger partial charge in [-0.25, -0.2) is 14.8 Å². The molecule has 1 aromatic carbocycles. The summed E-state index contributed by atoms with van der Waals surface area (Å²) in [6.07, 6.45) is 4.45. The van der Waals surface area contributed by atoms with Gasteiger partial charge in [-0.2, -0.15) is 0 Å². The number of fused-ring (bicyclic) bond motifs is 1. The van der Waals surface area contributed by atoms with E-state index in [1.165, 1.54) is 18.7 Å². The molecule has 8 nitrogen and oxygen atoms in total. The lowest BCUT2D eigenvalue weighted by Gasteiger charge is -2.36. The van der Waals surface area contributed by atoms with Crippen molar-refractivity contribution in [2.45, 2.75) is 12.6 Å². The van der Waals surface area contributed by atoms with Crippen LogP contribution in [0.1, 0.15) is 15.9 Å². The molecule has 140 valence electrons. The van der Waals surface area contributed by atoms with Crippen LogP contribution in [-0.4, -0.2) is 75.9 Å². The summed E-state index contributed by atoms with van der Waals surface area (Å²) < 4.78 is 5.17. The van der Waals surface area contributed by atoms with Crippen LogP contribution >= 0.6 is 0 Å². The Kier molecular flexibility index (Phi) is 4.62. The summed E-state index contributed by atoms with van der Waals surface area (Å²) in [5, 5.41) is 0. The van der Waals surface area contributed by atoms with Crippen molar-refractivity contribution in [1.29, 1.82) is 0 Å². The van der Waals surface area contributed by atoms with Crippen LogP contribution in [0.5, 0.6) is 5.75 Å². The Labute approximate surface area is 157 Å². The summed E-state index contributed by atoms with van der Waals surface area (Å²) in [6.45, 7) is 2.75. The van der Waals surface area contributed by atoms with E-state index in [4.69, 9.17) is 4.74 Å². The molecule has 3 heterocycles. The highest BCUT2D eigenvalue weighted by molar-refractivity contribution is 5.94. The van der Waals surface area contributed by atoms with E-state index in [-0.39, 0.29) is 18.0 Å². The highest BCUT2D eigenvalue weighted by atomic mass is 16.5. The molecule has 4 rings (SSSR count). The van der Waals surface area contributed by atoms with E-state index < -0.39 is 0 Å². The van der Waals surface area contributed by atoms with Crippen LogP contribution in [0.15, 0.2) is 43.0 Å². The molecule has 3 amide bonds. The lowest BCUT2D eigenvalue weighted by molar-refractivity contribution is 0.0616. The van der Waals surface area contributed by atoms with E-state index in [0.717, 1.165) is 11.3 Å². The van der Waals surface area contributed by atoms with E-state index in [2.05, 4.69) is 9.97 Å². The number of nitrogens with zero attached hydrogens (tertiary/aromatic N) is 5. The normalized spacial score (nSPS) is 19.2. The Morgan fingerprint density at radius 1 is 1.15 bits per heavy atom. The topological polar surface area (TPSA) is 78.9 Å². The summed E-state index contributed by atoms with van der Waals surface area (Å²) >= 11 is 0. The number of carbonyl (C=O) groups excluding carboxylic acids is 2. The fraction of sp³-hybridized carbons (Fsp3) is 0.368. The van der Waals surface area contributed by atoms with Gasteiger partial charge in [0.25, 0.3) is 5.91 Å². The number of piperazine rings is 1. The monoisotopic (exact) mass is 367 g/mol. The fourth-order valence-corrected chi connectivity index (χ4v) is 3.64. The minimum absolute atomic E-state index is 0.0121. The molecule has 2 fully saturated rings. The molecule has 2 saturated heterocycles. The first-order valence-electron chi connectivity index (χ1n) is 8.88. The zero-order valence-corrected chi connectivity index (χ0v) is 15.1. The summed E-state index contributed by atoms with van der Waals surface area (Å²) in [6, 6.07) is 7.77. The third-order valence-corrected chi connectivity index (χ3v) is 5.06. The predicted molar refractivity (Wildman–Crippen MR) is 97.2 cm³/mol. The van der Waals surface area contributed by atoms with Crippen LogP contribution in [0.2, 0.25) is 0 Å². The summed E-state index contributed by atoms with van der Waals surface area (Å²) in [7, 11) is 1.63. The first-order chi connectivity index (χ1) is 13.2. The molecule has 2 aromatic rings. The number of aromatic nitrogens is 2. The maximum atomic E-state index is 12.7. The molecular weight excluding hydrogens is 346 g/mol. The minimum Gasteiger partial charge on any atom is -0.497 e. The van der Waals surface area contributed by atoms with Crippen LogP contribution in [0.4, 0.5) is 4.79 Å². The zero-order valence-electron chi connectivity index (χ0n) is 15.1. The van der Waals surface area contributed by atoms with Gasteiger partial charge in [0, 0.05) is 45.1 Å². The van der Waals surface area contributed by atoms with Gasteiger partial charge in [0.2, 0.25) is 0 Å². The van der Waals surface area contributed by atoms with Gasteiger partial charge in [0.15, 0.2) is 0 Å². The SMILES string of the molecule is COc1ccc(CN2C[C@H]3CN(C(=O)c4cncnc4)CCN3C2=O)cc1. The molecule has 0 aliphatic carbocycles. The largest absolute Gasteiger partial charge is 0.497 e.